The summed E-state index contributed by atoms with van der Waals surface area (Å²) in [4.78, 5) is 31.0. The molecule has 1 heterocycles. The fraction of sp³-hybridized carbons (Fsp3) is 0.412. The van der Waals surface area contributed by atoms with Gasteiger partial charge in [-0.3, -0.25) is 4.79 Å². The molecule has 0 spiro atoms. The van der Waals surface area contributed by atoms with Crippen molar-refractivity contribution in [1.29, 1.82) is 0 Å². The van der Waals surface area contributed by atoms with Gasteiger partial charge in [-0.1, -0.05) is 23.2 Å². The molecule has 26 heavy (non-hydrogen) atoms. The Morgan fingerprint density at radius 1 is 1.23 bits per heavy atom. The number of halogens is 2. The number of rotatable bonds is 7. The van der Waals surface area contributed by atoms with Gasteiger partial charge in [0.15, 0.2) is 6.04 Å². The third-order valence-corrected chi connectivity index (χ3v) is 4.27. The Labute approximate surface area is 161 Å². The number of aromatic nitrogens is 3. The summed E-state index contributed by atoms with van der Waals surface area (Å²) in [6, 6.07) is 3.17. The molecule has 0 unspecified atom stereocenters. The van der Waals surface area contributed by atoms with Gasteiger partial charge < -0.3 is 9.64 Å². The van der Waals surface area contributed by atoms with E-state index in [4.69, 9.17) is 27.9 Å². The molecule has 0 bridgehead atoms. The highest BCUT2D eigenvalue weighted by atomic mass is 35.5. The molecule has 1 aromatic carbocycles. The first-order valence-corrected chi connectivity index (χ1v) is 8.91. The van der Waals surface area contributed by atoms with Crippen molar-refractivity contribution in [3.8, 4) is 0 Å². The van der Waals surface area contributed by atoms with Crippen LogP contribution in [-0.2, 0) is 14.3 Å². The van der Waals surface area contributed by atoms with Crippen LogP contribution in [-0.4, -0.2) is 44.7 Å². The minimum atomic E-state index is -0.963. The van der Waals surface area contributed by atoms with Gasteiger partial charge in [-0.15, -0.1) is 0 Å². The van der Waals surface area contributed by atoms with Crippen molar-refractivity contribution in [2.75, 3.05) is 13.2 Å². The summed E-state index contributed by atoms with van der Waals surface area (Å²) < 4.78 is 6.62. The second-order valence-electron chi connectivity index (χ2n) is 5.53. The monoisotopic (exact) mass is 398 g/mol. The fourth-order valence-corrected chi connectivity index (χ4v) is 3.18. The highest BCUT2D eigenvalue weighted by Crippen LogP contribution is 2.30. The number of nitrogens with zero attached hydrogens (tertiary/aromatic N) is 4. The van der Waals surface area contributed by atoms with Gasteiger partial charge in [-0.05, 0) is 44.5 Å². The van der Waals surface area contributed by atoms with E-state index in [9.17, 15) is 9.59 Å². The molecule has 9 heteroatoms. The normalized spacial score (nSPS) is 13.1. The number of esters is 1. The third kappa shape index (κ3) is 4.53. The van der Waals surface area contributed by atoms with Gasteiger partial charge in [-0.25, -0.2) is 14.5 Å². The van der Waals surface area contributed by atoms with E-state index >= 15 is 0 Å². The van der Waals surface area contributed by atoms with E-state index in [-0.39, 0.29) is 19.1 Å². The Morgan fingerprint density at radius 3 is 2.38 bits per heavy atom. The number of ether oxygens (including phenoxy) is 1. The number of benzene rings is 1. The van der Waals surface area contributed by atoms with Crippen LogP contribution < -0.4 is 0 Å². The lowest BCUT2D eigenvalue weighted by Crippen LogP contribution is -2.43. The van der Waals surface area contributed by atoms with Crippen molar-refractivity contribution < 1.29 is 14.3 Å². The van der Waals surface area contributed by atoms with Crippen LogP contribution in [0.15, 0.2) is 30.9 Å². The maximum atomic E-state index is 13.0. The lowest BCUT2D eigenvalue weighted by Gasteiger charge is -2.31. The average Bonchev–Trinajstić information content (AvgIpc) is 3.12. The standard InChI is InChI=1S/C17H20Cl2N4O3/c1-4-22(16(24)11(3)23-10-20-9-21-23)15(17(25)26-5-2)12-6-13(18)8-14(19)7-12/h6-11,15H,4-5H2,1-3H3/t11-,15+/m0/s1. The van der Waals surface area contributed by atoms with Crippen LogP contribution in [0.1, 0.15) is 38.4 Å². The molecule has 1 amide bonds. The van der Waals surface area contributed by atoms with E-state index in [1.807, 2.05) is 0 Å². The Balaban J connectivity index is 2.44. The van der Waals surface area contributed by atoms with Crippen LogP contribution in [0.2, 0.25) is 10.0 Å². The Hall–Kier alpha value is -2.12. The molecular formula is C17H20Cl2N4O3. The van der Waals surface area contributed by atoms with Crippen LogP contribution in [0, 0.1) is 0 Å². The summed E-state index contributed by atoms with van der Waals surface area (Å²) in [6.07, 6.45) is 2.80. The third-order valence-electron chi connectivity index (χ3n) is 3.84. The van der Waals surface area contributed by atoms with Gasteiger partial charge in [-0.2, -0.15) is 5.10 Å². The smallest absolute Gasteiger partial charge is 0.333 e. The van der Waals surface area contributed by atoms with Crippen molar-refractivity contribution >= 4 is 35.1 Å². The molecule has 0 aliphatic heterocycles. The lowest BCUT2D eigenvalue weighted by molar-refractivity contribution is -0.156. The molecule has 0 radical (unpaired) electrons. The number of amides is 1. The van der Waals surface area contributed by atoms with Crippen molar-refractivity contribution in [3.05, 3.63) is 46.5 Å². The van der Waals surface area contributed by atoms with Crippen LogP contribution in [0.4, 0.5) is 0 Å². The second-order valence-corrected chi connectivity index (χ2v) is 6.41. The number of carbonyl (C=O) groups excluding carboxylic acids is 2. The van der Waals surface area contributed by atoms with E-state index in [0.717, 1.165) is 0 Å². The quantitative estimate of drug-likeness (QED) is 0.668. The van der Waals surface area contributed by atoms with E-state index in [1.54, 1.807) is 39.0 Å². The lowest BCUT2D eigenvalue weighted by atomic mass is 10.0. The van der Waals surface area contributed by atoms with Crippen LogP contribution in [0.25, 0.3) is 0 Å². The van der Waals surface area contributed by atoms with Crippen LogP contribution >= 0.6 is 23.2 Å². The molecule has 7 nitrogen and oxygen atoms in total. The average molecular weight is 399 g/mol. The van der Waals surface area contributed by atoms with Crippen molar-refractivity contribution in [3.63, 3.8) is 0 Å². The van der Waals surface area contributed by atoms with Gasteiger partial charge in [0.2, 0.25) is 5.91 Å². The topological polar surface area (TPSA) is 77.3 Å². The maximum Gasteiger partial charge on any atom is 0.333 e. The molecule has 2 rings (SSSR count). The minimum absolute atomic E-state index is 0.188. The summed E-state index contributed by atoms with van der Waals surface area (Å²) >= 11 is 12.2. The van der Waals surface area contributed by atoms with Crippen molar-refractivity contribution in [2.45, 2.75) is 32.9 Å². The van der Waals surface area contributed by atoms with Crippen LogP contribution in [0.5, 0.6) is 0 Å². The Morgan fingerprint density at radius 2 is 1.88 bits per heavy atom. The molecule has 0 saturated carbocycles. The van der Waals surface area contributed by atoms with Crippen molar-refractivity contribution in [1.82, 2.24) is 19.7 Å². The maximum absolute atomic E-state index is 13.0. The van der Waals surface area contributed by atoms with E-state index in [2.05, 4.69) is 10.1 Å². The predicted octanol–water partition coefficient (Wildman–Crippen LogP) is 3.30. The first-order chi connectivity index (χ1) is 12.4. The summed E-state index contributed by atoms with van der Waals surface area (Å²) in [5, 5.41) is 4.74. The molecule has 0 fully saturated rings. The predicted molar refractivity (Wildman–Crippen MR) is 98.0 cm³/mol. The van der Waals surface area contributed by atoms with E-state index in [0.29, 0.717) is 15.6 Å². The highest BCUT2D eigenvalue weighted by Gasteiger charge is 2.34. The largest absolute Gasteiger partial charge is 0.464 e. The summed E-state index contributed by atoms with van der Waals surface area (Å²) in [5.74, 6) is -0.848. The molecule has 0 aliphatic carbocycles. The van der Waals surface area contributed by atoms with Gasteiger partial charge in [0, 0.05) is 16.6 Å². The molecule has 2 atom stereocenters. The summed E-state index contributed by atoms with van der Waals surface area (Å²) in [5.41, 5.74) is 0.488. The summed E-state index contributed by atoms with van der Waals surface area (Å²) in [7, 11) is 0. The highest BCUT2D eigenvalue weighted by molar-refractivity contribution is 6.34. The zero-order valence-corrected chi connectivity index (χ0v) is 16.2. The van der Waals surface area contributed by atoms with Gasteiger partial charge in [0.25, 0.3) is 0 Å². The number of carbonyl (C=O) groups is 2. The zero-order valence-electron chi connectivity index (χ0n) is 14.7. The molecule has 1 aromatic heterocycles. The van der Waals surface area contributed by atoms with Gasteiger partial charge >= 0.3 is 5.97 Å². The van der Waals surface area contributed by atoms with Crippen LogP contribution in [0.3, 0.4) is 0 Å². The summed E-state index contributed by atoms with van der Waals surface area (Å²) in [6.45, 7) is 5.65. The van der Waals surface area contributed by atoms with E-state index < -0.39 is 18.1 Å². The fourth-order valence-electron chi connectivity index (χ4n) is 2.63. The molecule has 0 aliphatic rings. The van der Waals surface area contributed by atoms with Gasteiger partial charge in [0.1, 0.15) is 18.7 Å². The Bertz CT molecular complexity index is 747. The molecule has 0 N–H and O–H groups in total. The second kappa shape index (κ2) is 9.00. The van der Waals surface area contributed by atoms with Crippen molar-refractivity contribution in [2.24, 2.45) is 0 Å². The minimum Gasteiger partial charge on any atom is -0.464 e. The SMILES string of the molecule is CCOC(=O)[C@@H](c1cc(Cl)cc(Cl)c1)N(CC)C(=O)[C@H](C)n1cncn1. The zero-order chi connectivity index (χ0) is 19.3. The first-order valence-electron chi connectivity index (χ1n) is 8.16. The number of hydrogen-bond donors (Lipinski definition) is 0. The number of likely N-dealkylation sites (N-methyl/N-ethyl adjacent to an activating group) is 1. The molecule has 2 aromatic rings. The van der Waals surface area contributed by atoms with Gasteiger partial charge in [0.05, 0.1) is 6.61 Å². The van der Waals surface area contributed by atoms with E-state index in [1.165, 1.54) is 22.2 Å². The Kier molecular flexibility index (Phi) is 6.99. The molecule has 0 saturated heterocycles. The number of hydrogen-bond acceptors (Lipinski definition) is 5. The first kappa shape index (κ1) is 20.2. The molecular weight excluding hydrogens is 379 g/mol. The molecule has 140 valence electrons.